The molecule has 1 unspecified atom stereocenters. The van der Waals surface area contributed by atoms with Gasteiger partial charge in [-0.2, -0.15) is 10.0 Å². The Labute approximate surface area is 195 Å². The van der Waals surface area contributed by atoms with E-state index in [4.69, 9.17) is 10.6 Å². The Balaban J connectivity index is 1.35. The number of benzene rings is 2. The smallest absolute Gasteiger partial charge is 0.346 e. The number of aromatic nitrogens is 3. The van der Waals surface area contributed by atoms with Gasteiger partial charge in [0.2, 0.25) is 5.95 Å². The van der Waals surface area contributed by atoms with E-state index in [0.717, 1.165) is 24.0 Å². The molecule has 3 N–H and O–H groups in total. The lowest BCUT2D eigenvalue weighted by atomic mass is 9.99. The average molecular weight is 458 g/mol. The molecule has 1 saturated heterocycles. The van der Waals surface area contributed by atoms with E-state index in [1.165, 1.54) is 9.58 Å². The van der Waals surface area contributed by atoms with Crippen LogP contribution in [0.4, 0.5) is 20.8 Å². The predicted octanol–water partition coefficient (Wildman–Crippen LogP) is 4.91. The van der Waals surface area contributed by atoms with Crippen molar-refractivity contribution in [1.29, 1.82) is 0 Å². The Bertz CT molecular complexity index is 1390. The number of halogens is 1. The number of pyridine rings is 1. The number of amides is 2. The minimum absolute atomic E-state index is 0.147. The lowest BCUT2D eigenvalue weighted by Gasteiger charge is -2.24. The van der Waals surface area contributed by atoms with E-state index in [0.29, 0.717) is 29.8 Å². The van der Waals surface area contributed by atoms with Gasteiger partial charge in [0.25, 0.3) is 0 Å². The van der Waals surface area contributed by atoms with Gasteiger partial charge in [0.1, 0.15) is 0 Å². The molecule has 2 aromatic heterocycles. The SMILES string of the molecule is Nc1nc2cc(-c3ccc(C4CC4)c(NC(=O)N4OCCC4c4ccccc4)c3F)ccn2n1. The largest absolute Gasteiger partial charge is 0.366 e. The number of rotatable bonds is 4. The third-order valence-corrected chi connectivity index (χ3v) is 6.38. The highest BCUT2D eigenvalue weighted by Gasteiger charge is 2.34. The van der Waals surface area contributed by atoms with Crippen molar-refractivity contribution in [3.8, 4) is 11.1 Å². The molecule has 2 aromatic carbocycles. The molecule has 3 heterocycles. The van der Waals surface area contributed by atoms with Gasteiger partial charge in [-0.15, -0.1) is 5.10 Å². The van der Waals surface area contributed by atoms with Gasteiger partial charge >= 0.3 is 6.03 Å². The fourth-order valence-corrected chi connectivity index (χ4v) is 4.55. The highest BCUT2D eigenvalue weighted by molar-refractivity contribution is 5.91. The van der Waals surface area contributed by atoms with Crippen LogP contribution in [-0.2, 0) is 4.84 Å². The fraction of sp³-hybridized carbons (Fsp3) is 0.240. The normalized spacial score (nSPS) is 17.9. The summed E-state index contributed by atoms with van der Waals surface area (Å²) in [7, 11) is 0. The van der Waals surface area contributed by atoms with Crippen molar-refractivity contribution >= 4 is 23.3 Å². The molecule has 6 rings (SSSR count). The fourth-order valence-electron chi connectivity index (χ4n) is 4.55. The number of carbonyl (C=O) groups excluding carboxylic acids is 1. The summed E-state index contributed by atoms with van der Waals surface area (Å²) in [5, 5.41) is 8.21. The minimum atomic E-state index is -0.481. The molecule has 2 amide bonds. The first kappa shape index (κ1) is 20.6. The number of hydrogen-bond acceptors (Lipinski definition) is 5. The molecule has 1 aliphatic heterocycles. The van der Waals surface area contributed by atoms with Crippen LogP contribution in [0.15, 0.2) is 60.8 Å². The maximum absolute atomic E-state index is 15.9. The zero-order chi connectivity index (χ0) is 23.2. The number of hydroxylamine groups is 2. The van der Waals surface area contributed by atoms with E-state index in [1.54, 1.807) is 24.4 Å². The van der Waals surface area contributed by atoms with Crippen LogP contribution in [0.5, 0.6) is 0 Å². The second kappa shape index (κ2) is 8.11. The van der Waals surface area contributed by atoms with Crippen molar-refractivity contribution in [3.05, 3.63) is 77.7 Å². The first-order valence-corrected chi connectivity index (χ1v) is 11.3. The number of nitrogens with zero attached hydrogens (tertiary/aromatic N) is 4. The van der Waals surface area contributed by atoms with Gasteiger partial charge in [0.05, 0.1) is 18.3 Å². The van der Waals surface area contributed by atoms with Gasteiger partial charge in [-0.1, -0.05) is 42.5 Å². The maximum atomic E-state index is 15.9. The van der Waals surface area contributed by atoms with Gasteiger partial charge in [0.15, 0.2) is 11.5 Å². The molecule has 2 aliphatic rings. The van der Waals surface area contributed by atoms with E-state index in [-0.39, 0.29) is 23.6 Å². The molecule has 1 saturated carbocycles. The predicted molar refractivity (Wildman–Crippen MR) is 125 cm³/mol. The summed E-state index contributed by atoms with van der Waals surface area (Å²) in [6.07, 6.45) is 4.30. The van der Waals surface area contributed by atoms with Gasteiger partial charge in [-0.3, -0.25) is 4.84 Å². The van der Waals surface area contributed by atoms with Crippen molar-refractivity contribution in [2.75, 3.05) is 17.7 Å². The van der Waals surface area contributed by atoms with E-state index < -0.39 is 11.8 Å². The summed E-state index contributed by atoms with van der Waals surface area (Å²) >= 11 is 0. The summed E-state index contributed by atoms with van der Waals surface area (Å²) in [5.41, 5.74) is 9.17. The highest BCUT2D eigenvalue weighted by atomic mass is 19.1. The van der Waals surface area contributed by atoms with Crippen LogP contribution in [0.1, 0.15) is 42.3 Å². The molecule has 0 spiro atoms. The molecule has 2 fully saturated rings. The summed E-state index contributed by atoms with van der Waals surface area (Å²) in [6, 6.07) is 16.1. The Kier molecular flexibility index (Phi) is 4.91. The number of anilines is 2. The summed E-state index contributed by atoms with van der Waals surface area (Å²) in [5.74, 6) is -0.0969. The quantitative estimate of drug-likeness (QED) is 0.453. The van der Waals surface area contributed by atoms with Gasteiger partial charge in [-0.25, -0.2) is 13.7 Å². The number of nitrogens with one attached hydrogen (secondary N) is 1. The minimum Gasteiger partial charge on any atom is -0.366 e. The maximum Gasteiger partial charge on any atom is 0.346 e. The van der Waals surface area contributed by atoms with Gasteiger partial charge in [0, 0.05) is 18.2 Å². The Morgan fingerprint density at radius 3 is 2.74 bits per heavy atom. The third kappa shape index (κ3) is 3.63. The number of fused-ring (bicyclic) bond motifs is 1. The molecule has 0 radical (unpaired) electrons. The Morgan fingerprint density at radius 1 is 1.12 bits per heavy atom. The first-order chi connectivity index (χ1) is 16.6. The lowest BCUT2D eigenvalue weighted by Crippen LogP contribution is -2.34. The van der Waals surface area contributed by atoms with Crippen molar-refractivity contribution < 1.29 is 14.0 Å². The molecule has 1 atom stereocenters. The van der Waals surface area contributed by atoms with Gasteiger partial charge < -0.3 is 11.1 Å². The summed E-state index contributed by atoms with van der Waals surface area (Å²) in [4.78, 5) is 23.1. The molecule has 1 aliphatic carbocycles. The van der Waals surface area contributed by atoms with Crippen LogP contribution >= 0.6 is 0 Å². The van der Waals surface area contributed by atoms with E-state index in [9.17, 15) is 4.79 Å². The molecular weight excluding hydrogens is 435 g/mol. The monoisotopic (exact) mass is 458 g/mol. The molecule has 34 heavy (non-hydrogen) atoms. The topological polar surface area (TPSA) is 97.8 Å². The van der Waals surface area contributed by atoms with Crippen molar-refractivity contribution in [3.63, 3.8) is 0 Å². The number of urea groups is 1. The Hall–Kier alpha value is -3.98. The number of nitrogens with two attached hydrogens (primary N) is 1. The van der Waals surface area contributed by atoms with Crippen molar-refractivity contribution in [1.82, 2.24) is 19.7 Å². The second-order valence-corrected chi connectivity index (χ2v) is 8.66. The average Bonchev–Trinajstić information content (AvgIpc) is 3.43. The van der Waals surface area contributed by atoms with Crippen LogP contribution in [0.3, 0.4) is 0 Å². The molecule has 4 aromatic rings. The number of nitrogen functional groups attached to an aromatic ring is 1. The highest BCUT2D eigenvalue weighted by Crippen LogP contribution is 2.46. The molecule has 9 heteroatoms. The number of hydrogen-bond donors (Lipinski definition) is 2. The number of carbonyl (C=O) groups is 1. The van der Waals surface area contributed by atoms with E-state index >= 15 is 4.39 Å². The Morgan fingerprint density at radius 2 is 1.94 bits per heavy atom. The lowest BCUT2D eigenvalue weighted by molar-refractivity contribution is -0.0830. The third-order valence-electron chi connectivity index (χ3n) is 6.38. The molecule has 172 valence electrons. The molecule has 0 bridgehead atoms. The van der Waals surface area contributed by atoms with Crippen LogP contribution in [0.2, 0.25) is 0 Å². The van der Waals surface area contributed by atoms with Crippen LogP contribution in [-0.4, -0.2) is 32.3 Å². The zero-order valence-electron chi connectivity index (χ0n) is 18.3. The summed E-state index contributed by atoms with van der Waals surface area (Å²) in [6.45, 7) is 0.423. The molecular formula is C25H23FN6O2. The van der Waals surface area contributed by atoms with E-state index in [2.05, 4.69) is 15.4 Å². The molecule has 8 nitrogen and oxygen atoms in total. The van der Waals surface area contributed by atoms with Crippen molar-refractivity contribution in [2.45, 2.75) is 31.2 Å². The zero-order valence-corrected chi connectivity index (χ0v) is 18.3. The van der Waals surface area contributed by atoms with E-state index in [1.807, 2.05) is 36.4 Å². The van der Waals surface area contributed by atoms with Crippen LogP contribution in [0, 0.1) is 5.82 Å². The van der Waals surface area contributed by atoms with Crippen LogP contribution in [0.25, 0.3) is 16.8 Å². The second-order valence-electron chi connectivity index (χ2n) is 8.66. The van der Waals surface area contributed by atoms with Crippen molar-refractivity contribution in [2.24, 2.45) is 0 Å². The first-order valence-electron chi connectivity index (χ1n) is 11.3. The standard InChI is InChI=1S/C25H23FN6O2/c26-22-18(17-10-12-31-21(14-17)28-24(27)30-31)8-9-19(15-6-7-15)23(22)29-25(33)32-20(11-13-34-32)16-4-2-1-3-5-16/h1-5,8-10,12,14-15,20H,6-7,11,13H2,(H2,27,30)(H,29,33). The van der Waals surface area contributed by atoms with Gasteiger partial charge in [-0.05, 0) is 47.6 Å². The van der Waals surface area contributed by atoms with Crippen LogP contribution < -0.4 is 11.1 Å². The summed E-state index contributed by atoms with van der Waals surface area (Å²) < 4.78 is 17.5.